The average Bonchev–Trinajstić information content (AvgIpc) is 2.76. The molecule has 3 aromatic carbocycles. The summed E-state index contributed by atoms with van der Waals surface area (Å²) in [7, 11) is 0. The van der Waals surface area contributed by atoms with E-state index < -0.39 is 0 Å². The summed E-state index contributed by atoms with van der Waals surface area (Å²) in [4.78, 5) is 12.0. The second-order valence-electron chi connectivity index (χ2n) is 6.83. The van der Waals surface area contributed by atoms with Gasteiger partial charge in [-0.25, -0.2) is 5.43 Å². The number of halogens is 2. The molecule has 0 saturated carbocycles. The summed E-state index contributed by atoms with van der Waals surface area (Å²) in [6.07, 6.45) is 1.59. The van der Waals surface area contributed by atoms with Gasteiger partial charge in [0, 0.05) is 15.8 Å². The Bertz CT molecular complexity index is 1020. The van der Waals surface area contributed by atoms with Crippen molar-refractivity contribution in [2.24, 2.45) is 5.10 Å². The number of nitrogens with one attached hydrogen (secondary N) is 1. The van der Waals surface area contributed by atoms with Gasteiger partial charge in [0.25, 0.3) is 0 Å². The maximum absolute atomic E-state index is 12.0. The van der Waals surface area contributed by atoms with Gasteiger partial charge in [-0.05, 0) is 60.0 Å². The lowest BCUT2D eigenvalue weighted by Crippen LogP contribution is -2.19. The molecule has 1 amide bonds. The fourth-order valence-corrected chi connectivity index (χ4v) is 4.18. The van der Waals surface area contributed by atoms with Crippen molar-refractivity contribution in [3.05, 3.63) is 99.0 Å². The second kappa shape index (κ2) is 11.8. The molecule has 0 aliphatic rings. The number of thioether (sulfide) groups is 1. The number of benzene rings is 3. The molecule has 0 atom stereocenters. The number of rotatable bonds is 9. The highest BCUT2D eigenvalue weighted by Gasteiger charge is 2.07. The lowest BCUT2D eigenvalue weighted by atomic mass is 10.2. The van der Waals surface area contributed by atoms with Gasteiger partial charge >= 0.3 is 0 Å². The fourth-order valence-electron chi connectivity index (χ4n) is 2.63. The summed E-state index contributed by atoms with van der Waals surface area (Å²) in [5, 5.41) is 5.21. The summed E-state index contributed by atoms with van der Waals surface area (Å²) in [5.41, 5.74) is 6.56. The Morgan fingerprint density at radius 2 is 1.71 bits per heavy atom. The molecule has 0 aliphatic heterocycles. The number of carbonyl (C=O) groups is 1. The molecular formula is C24H22Cl2N2O2S. The van der Waals surface area contributed by atoms with Crippen molar-refractivity contribution in [3.8, 4) is 5.75 Å². The lowest BCUT2D eigenvalue weighted by molar-refractivity contribution is -0.118. The number of hydrogen-bond acceptors (Lipinski definition) is 4. The molecule has 1 N–H and O–H groups in total. The average molecular weight is 473 g/mol. The van der Waals surface area contributed by atoms with E-state index in [1.807, 2.05) is 24.3 Å². The standard InChI is InChI=1S/C24H22Cl2N2O2S/c1-17-5-7-19(8-6-17)14-30-20-11-9-18(10-12-20)13-27-28-24(29)16-31-15-21-22(25)3-2-4-23(21)26/h2-13H,14-16H2,1H3,(H,28,29)/b27-13-. The predicted octanol–water partition coefficient (Wildman–Crippen LogP) is 6.26. The normalized spacial score (nSPS) is 10.9. The number of amides is 1. The molecule has 0 bridgehead atoms. The topological polar surface area (TPSA) is 50.7 Å². The quantitative estimate of drug-likeness (QED) is 0.295. The molecule has 3 rings (SSSR count). The van der Waals surface area contributed by atoms with Crippen LogP contribution >= 0.6 is 35.0 Å². The number of hydrogen-bond donors (Lipinski definition) is 1. The van der Waals surface area contributed by atoms with Gasteiger partial charge in [-0.1, -0.05) is 59.1 Å². The first-order valence-corrected chi connectivity index (χ1v) is 11.5. The number of hydrazone groups is 1. The molecule has 0 spiro atoms. The monoisotopic (exact) mass is 472 g/mol. The molecule has 0 saturated heterocycles. The Hall–Kier alpha value is -2.47. The van der Waals surface area contributed by atoms with E-state index in [9.17, 15) is 4.79 Å². The molecule has 0 aliphatic carbocycles. The van der Waals surface area contributed by atoms with Crippen molar-refractivity contribution in [3.63, 3.8) is 0 Å². The third-order valence-corrected chi connectivity index (χ3v) is 6.02. The van der Waals surface area contributed by atoms with Crippen molar-refractivity contribution in [2.45, 2.75) is 19.3 Å². The maximum Gasteiger partial charge on any atom is 0.250 e. The highest BCUT2D eigenvalue weighted by Crippen LogP contribution is 2.28. The van der Waals surface area contributed by atoms with E-state index in [1.165, 1.54) is 17.3 Å². The van der Waals surface area contributed by atoms with Gasteiger partial charge in [0.05, 0.1) is 12.0 Å². The molecule has 160 valence electrons. The highest BCUT2D eigenvalue weighted by atomic mass is 35.5. The van der Waals surface area contributed by atoms with E-state index in [2.05, 4.69) is 41.7 Å². The van der Waals surface area contributed by atoms with E-state index in [1.54, 1.807) is 24.4 Å². The van der Waals surface area contributed by atoms with Gasteiger partial charge in [-0.15, -0.1) is 11.8 Å². The molecule has 4 nitrogen and oxygen atoms in total. The Morgan fingerprint density at radius 3 is 2.39 bits per heavy atom. The van der Waals surface area contributed by atoms with Crippen LogP contribution in [0, 0.1) is 6.92 Å². The van der Waals surface area contributed by atoms with E-state index in [0.29, 0.717) is 22.4 Å². The van der Waals surface area contributed by atoms with Crippen molar-refractivity contribution in [2.75, 3.05) is 5.75 Å². The zero-order valence-corrected chi connectivity index (χ0v) is 19.3. The summed E-state index contributed by atoms with van der Waals surface area (Å²) in [6.45, 7) is 2.57. The van der Waals surface area contributed by atoms with Crippen LogP contribution in [0.25, 0.3) is 0 Å². The zero-order valence-electron chi connectivity index (χ0n) is 17.0. The summed E-state index contributed by atoms with van der Waals surface area (Å²) in [6, 6.07) is 21.1. The number of aryl methyl sites for hydroxylation is 1. The Labute approximate surface area is 196 Å². The van der Waals surface area contributed by atoms with Gasteiger partial charge in [-0.2, -0.15) is 5.10 Å². The third kappa shape index (κ3) is 7.62. The van der Waals surface area contributed by atoms with E-state index in [-0.39, 0.29) is 11.7 Å². The molecule has 31 heavy (non-hydrogen) atoms. The van der Waals surface area contributed by atoms with E-state index >= 15 is 0 Å². The molecule has 7 heteroatoms. The van der Waals surface area contributed by atoms with Gasteiger partial charge in [-0.3, -0.25) is 4.79 Å². The van der Waals surface area contributed by atoms with Crippen LogP contribution in [0.2, 0.25) is 10.0 Å². The maximum atomic E-state index is 12.0. The van der Waals surface area contributed by atoms with Crippen LogP contribution < -0.4 is 10.2 Å². The molecular weight excluding hydrogens is 451 g/mol. The van der Waals surface area contributed by atoms with E-state index in [0.717, 1.165) is 22.4 Å². The van der Waals surface area contributed by atoms with Crippen molar-refractivity contribution >= 4 is 47.1 Å². The van der Waals surface area contributed by atoms with Crippen LogP contribution in [0.1, 0.15) is 22.3 Å². The molecule has 0 radical (unpaired) electrons. The number of ether oxygens (including phenoxy) is 1. The highest BCUT2D eigenvalue weighted by molar-refractivity contribution is 7.99. The lowest BCUT2D eigenvalue weighted by Gasteiger charge is -2.07. The van der Waals surface area contributed by atoms with Crippen LogP contribution in [0.5, 0.6) is 5.75 Å². The first-order chi connectivity index (χ1) is 15.0. The zero-order chi connectivity index (χ0) is 22.1. The minimum Gasteiger partial charge on any atom is -0.489 e. The summed E-state index contributed by atoms with van der Waals surface area (Å²) < 4.78 is 5.79. The number of carbonyl (C=O) groups excluding carboxylic acids is 1. The SMILES string of the molecule is Cc1ccc(COc2ccc(/C=N\NC(=O)CSCc3c(Cl)cccc3Cl)cc2)cc1. The summed E-state index contributed by atoms with van der Waals surface area (Å²) in [5.74, 6) is 1.39. The van der Waals surface area contributed by atoms with Gasteiger partial charge < -0.3 is 4.74 Å². The van der Waals surface area contributed by atoms with Crippen LogP contribution in [-0.4, -0.2) is 17.9 Å². The minimum absolute atomic E-state index is 0.192. The molecule has 0 fully saturated rings. The molecule has 0 heterocycles. The van der Waals surface area contributed by atoms with Crippen molar-refractivity contribution in [1.82, 2.24) is 5.43 Å². The Balaban J connectivity index is 1.40. The predicted molar refractivity (Wildman–Crippen MR) is 130 cm³/mol. The smallest absolute Gasteiger partial charge is 0.250 e. The van der Waals surface area contributed by atoms with Crippen LogP contribution in [0.4, 0.5) is 0 Å². The van der Waals surface area contributed by atoms with Crippen molar-refractivity contribution in [1.29, 1.82) is 0 Å². The minimum atomic E-state index is -0.192. The van der Waals surface area contributed by atoms with E-state index in [4.69, 9.17) is 27.9 Å². The van der Waals surface area contributed by atoms with Crippen LogP contribution in [-0.2, 0) is 17.2 Å². The first kappa shape index (κ1) is 23.2. The Kier molecular flexibility index (Phi) is 8.83. The number of nitrogens with zero attached hydrogens (tertiary/aromatic N) is 1. The second-order valence-corrected chi connectivity index (χ2v) is 8.63. The molecule has 0 unspecified atom stereocenters. The van der Waals surface area contributed by atoms with Gasteiger partial charge in [0.15, 0.2) is 0 Å². The molecule has 3 aromatic rings. The summed E-state index contributed by atoms with van der Waals surface area (Å²) >= 11 is 13.7. The van der Waals surface area contributed by atoms with Crippen LogP contribution in [0.3, 0.4) is 0 Å². The van der Waals surface area contributed by atoms with Gasteiger partial charge in [0.1, 0.15) is 12.4 Å². The Morgan fingerprint density at radius 1 is 1.03 bits per heavy atom. The third-order valence-electron chi connectivity index (χ3n) is 4.35. The van der Waals surface area contributed by atoms with Crippen LogP contribution in [0.15, 0.2) is 71.8 Å². The van der Waals surface area contributed by atoms with Gasteiger partial charge in [0.2, 0.25) is 5.91 Å². The largest absolute Gasteiger partial charge is 0.489 e. The van der Waals surface area contributed by atoms with Crippen molar-refractivity contribution < 1.29 is 9.53 Å². The molecule has 0 aromatic heterocycles. The first-order valence-electron chi connectivity index (χ1n) is 9.62. The fraction of sp³-hybridized carbons (Fsp3) is 0.167.